The zero-order valence-electron chi connectivity index (χ0n) is 11.2. The zero-order valence-corrected chi connectivity index (χ0v) is 11.2. The van der Waals surface area contributed by atoms with Gasteiger partial charge in [-0.1, -0.05) is 0 Å². The lowest BCUT2D eigenvalue weighted by atomic mass is 9.96. The molecule has 0 aromatic carbocycles. The Morgan fingerprint density at radius 2 is 2.06 bits per heavy atom. The van der Waals surface area contributed by atoms with E-state index in [0.717, 1.165) is 0 Å². The maximum absolute atomic E-state index is 12.3. The minimum absolute atomic E-state index is 0.0585. The predicted octanol–water partition coefficient (Wildman–Crippen LogP) is 0.537. The van der Waals surface area contributed by atoms with Gasteiger partial charge in [0, 0.05) is 6.61 Å². The molecule has 1 aliphatic rings. The van der Waals surface area contributed by atoms with Crippen molar-refractivity contribution in [2.75, 3.05) is 13.2 Å². The topological polar surface area (TPSA) is 58.6 Å². The van der Waals surface area contributed by atoms with Crippen molar-refractivity contribution in [1.82, 2.24) is 10.2 Å². The number of carbonyl (C=O) groups is 2. The van der Waals surface area contributed by atoms with Gasteiger partial charge >= 0.3 is 0 Å². The number of nitrogens with zero attached hydrogens (tertiary/aromatic N) is 1. The molecule has 2 unspecified atom stereocenters. The Labute approximate surface area is 102 Å². The fraction of sp³-hybridized carbons (Fsp3) is 0.833. The van der Waals surface area contributed by atoms with E-state index in [1.807, 2.05) is 13.8 Å². The third kappa shape index (κ3) is 2.77. The molecule has 0 aromatic rings. The van der Waals surface area contributed by atoms with E-state index in [4.69, 9.17) is 4.74 Å². The number of nitrogens with one attached hydrogen (secondary N) is 1. The number of hydrogen-bond acceptors (Lipinski definition) is 3. The number of carbonyl (C=O) groups excluding carboxylic acids is 2. The molecular weight excluding hydrogens is 220 g/mol. The monoisotopic (exact) mass is 242 g/mol. The average molecular weight is 242 g/mol. The lowest BCUT2D eigenvalue weighted by Crippen LogP contribution is -2.69. The van der Waals surface area contributed by atoms with Gasteiger partial charge in [-0.05, 0) is 34.6 Å². The van der Waals surface area contributed by atoms with Crippen LogP contribution in [0.2, 0.25) is 0 Å². The van der Waals surface area contributed by atoms with Crippen LogP contribution in [-0.2, 0) is 14.3 Å². The molecule has 1 rings (SSSR count). The molecule has 1 fully saturated rings. The largest absolute Gasteiger partial charge is 0.380 e. The maximum atomic E-state index is 12.3. The summed E-state index contributed by atoms with van der Waals surface area (Å²) in [5.41, 5.74) is -0.829. The quantitative estimate of drug-likeness (QED) is 0.782. The number of amides is 2. The molecule has 0 aliphatic carbocycles. The SMILES string of the molecule is CCOCC(C)N1C(=O)C(C)(C)NC(=O)C1C. The van der Waals surface area contributed by atoms with Crippen LogP contribution in [-0.4, -0.2) is 47.6 Å². The molecule has 2 atom stereocenters. The van der Waals surface area contributed by atoms with Gasteiger partial charge in [0.2, 0.25) is 11.8 Å². The van der Waals surface area contributed by atoms with Crippen molar-refractivity contribution < 1.29 is 14.3 Å². The number of ether oxygens (including phenoxy) is 1. The second-order valence-corrected chi connectivity index (χ2v) is 5.01. The Hall–Kier alpha value is -1.10. The second-order valence-electron chi connectivity index (χ2n) is 5.01. The Morgan fingerprint density at radius 1 is 1.47 bits per heavy atom. The lowest BCUT2D eigenvalue weighted by Gasteiger charge is -2.44. The minimum atomic E-state index is -0.829. The summed E-state index contributed by atoms with van der Waals surface area (Å²) in [6.07, 6.45) is 0. The van der Waals surface area contributed by atoms with Crippen molar-refractivity contribution in [2.24, 2.45) is 0 Å². The molecule has 17 heavy (non-hydrogen) atoms. The van der Waals surface area contributed by atoms with Crippen molar-refractivity contribution in [2.45, 2.75) is 52.2 Å². The first-order chi connectivity index (χ1) is 7.81. The molecule has 2 amide bonds. The van der Waals surface area contributed by atoms with Crippen molar-refractivity contribution >= 4 is 11.8 Å². The van der Waals surface area contributed by atoms with Gasteiger partial charge in [0.05, 0.1) is 12.6 Å². The van der Waals surface area contributed by atoms with Crippen LogP contribution >= 0.6 is 0 Å². The van der Waals surface area contributed by atoms with E-state index in [2.05, 4.69) is 5.32 Å². The van der Waals surface area contributed by atoms with Gasteiger partial charge in [0.25, 0.3) is 0 Å². The number of hydrogen-bond donors (Lipinski definition) is 1. The summed E-state index contributed by atoms with van der Waals surface area (Å²) in [6.45, 7) is 10.1. The summed E-state index contributed by atoms with van der Waals surface area (Å²) in [5, 5.41) is 2.73. The third-order valence-electron chi connectivity index (χ3n) is 3.04. The van der Waals surface area contributed by atoms with Gasteiger partial charge in [-0.15, -0.1) is 0 Å². The molecule has 1 aliphatic heterocycles. The first-order valence-corrected chi connectivity index (χ1v) is 6.03. The molecular formula is C12H22N2O3. The number of piperazine rings is 1. The van der Waals surface area contributed by atoms with Gasteiger partial charge in [-0.25, -0.2) is 0 Å². The lowest BCUT2D eigenvalue weighted by molar-refractivity contribution is -0.156. The summed E-state index contributed by atoms with van der Waals surface area (Å²) in [4.78, 5) is 25.7. The van der Waals surface area contributed by atoms with Crippen LogP contribution in [0.4, 0.5) is 0 Å². The molecule has 0 saturated carbocycles. The van der Waals surface area contributed by atoms with Crippen molar-refractivity contribution in [3.8, 4) is 0 Å². The molecule has 5 heteroatoms. The summed E-state index contributed by atoms with van der Waals surface area (Å²) >= 11 is 0. The average Bonchev–Trinajstić information content (AvgIpc) is 2.23. The summed E-state index contributed by atoms with van der Waals surface area (Å²) in [7, 11) is 0. The van der Waals surface area contributed by atoms with E-state index in [-0.39, 0.29) is 17.9 Å². The van der Waals surface area contributed by atoms with Gasteiger partial charge in [0.1, 0.15) is 11.6 Å². The minimum Gasteiger partial charge on any atom is -0.380 e. The summed E-state index contributed by atoms with van der Waals surface area (Å²) in [6, 6.07) is -0.534. The molecule has 98 valence electrons. The highest BCUT2D eigenvalue weighted by atomic mass is 16.5. The van der Waals surface area contributed by atoms with Gasteiger partial charge in [-0.2, -0.15) is 0 Å². The van der Waals surface area contributed by atoms with Gasteiger partial charge in [0.15, 0.2) is 0 Å². The Balaban J connectivity index is 2.86. The van der Waals surface area contributed by atoms with E-state index in [0.29, 0.717) is 13.2 Å². The highest BCUT2D eigenvalue weighted by Crippen LogP contribution is 2.20. The highest BCUT2D eigenvalue weighted by molar-refractivity contribution is 5.99. The van der Waals surface area contributed by atoms with Crippen molar-refractivity contribution in [3.05, 3.63) is 0 Å². The fourth-order valence-electron chi connectivity index (χ4n) is 2.04. The zero-order chi connectivity index (χ0) is 13.2. The summed E-state index contributed by atoms with van der Waals surface area (Å²) < 4.78 is 5.32. The molecule has 1 heterocycles. The Morgan fingerprint density at radius 3 is 2.59 bits per heavy atom. The van der Waals surface area contributed by atoms with E-state index < -0.39 is 11.6 Å². The van der Waals surface area contributed by atoms with Crippen LogP contribution in [0.1, 0.15) is 34.6 Å². The Bertz CT molecular complexity index is 315. The van der Waals surface area contributed by atoms with E-state index in [9.17, 15) is 9.59 Å². The van der Waals surface area contributed by atoms with Crippen LogP contribution in [0.25, 0.3) is 0 Å². The van der Waals surface area contributed by atoms with Crippen LogP contribution in [0.5, 0.6) is 0 Å². The van der Waals surface area contributed by atoms with Crippen LogP contribution in [0.3, 0.4) is 0 Å². The number of rotatable bonds is 4. The predicted molar refractivity (Wildman–Crippen MR) is 64.5 cm³/mol. The standard InChI is InChI=1S/C12H22N2O3/c1-6-17-7-8(2)14-9(3)10(15)13-12(4,5)11(14)16/h8-9H,6-7H2,1-5H3,(H,13,15). The normalized spacial score (nSPS) is 25.7. The highest BCUT2D eigenvalue weighted by Gasteiger charge is 2.45. The first-order valence-electron chi connectivity index (χ1n) is 6.03. The van der Waals surface area contributed by atoms with Gasteiger partial charge in [-0.3, -0.25) is 9.59 Å². The molecule has 0 spiro atoms. The molecule has 0 aromatic heterocycles. The fourth-order valence-corrected chi connectivity index (χ4v) is 2.04. The molecule has 1 N–H and O–H groups in total. The van der Waals surface area contributed by atoms with E-state index >= 15 is 0 Å². The first kappa shape index (κ1) is 14.0. The van der Waals surface area contributed by atoms with Crippen LogP contribution < -0.4 is 5.32 Å². The van der Waals surface area contributed by atoms with Gasteiger partial charge < -0.3 is 15.0 Å². The van der Waals surface area contributed by atoms with E-state index in [1.165, 1.54) is 0 Å². The Kier molecular flexibility index (Phi) is 4.14. The van der Waals surface area contributed by atoms with Crippen LogP contribution in [0, 0.1) is 0 Å². The molecule has 0 radical (unpaired) electrons. The van der Waals surface area contributed by atoms with Crippen molar-refractivity contribution in [3.63, 3.8) is 0 Å². The van der Waals surface area contributed by atoms with Crippen molar-refractivity contribution in [1.29, 1.82) is 0 Å². The van der Waals surface area contributed by atoms with E-state index in [1.54, 1.807) is 25.7 Å². The second kappa shape index (κ2) is 5.04. The molecule has 0 bridgehead atoms. The molecule has 1 saturated heterocycles. The third-order valence-corrected chi connectivity index (χ3v) is 3.04. The molecule has 5 nitrogen and oxygen atoms in total. The maximum Gasteiger partial charge on any atom is 0.248 e. The summed E-state index contributed by atoms with van der Waals surface area (Å²) in [5.74, 6) is -0.172. The smallest absolute Gasteiger partial charge is 0.248 e. The van der Waals surface area contributed by atoms with Crippen LogP contribution in [0.15, 0.2) is 0 Å².